The van der Waals surface area contributed by atoms with Crippen molar-refractivity contribution >= 4 is 15.5 Å². The Morgan fingerprint density at radius 3 is 2.11 bits per heavy atom. The Morgan fingerprint density at radius 2 is 1.63 bits per heavy atom. The minimum absolute atomic E-state index is 0.141. The first-order valence-corrected chi connectivity index (χ1v) is 8.47. The predicted octanol–water partition coefficient (Wildman–Crippen LogP) is 2.23. The summed E-state index contributed by atoms with van der Waals surface area (Å²) in [6.45, 7) is 9.90. The Labute approximate surface area is 116 Å². The molecule has 0 aliphatic carbocycles. The van der Waals surface area contributed by atoms with Crippen molar-refractivity contribution in [3.8, 4) is 0 Å². The van der Waals surface area contributed by atoms with Gasteiger partial charge in [0.25, 0.3) is 0 Å². The molecule has 0 unspecified atom stereocenters. The van der Waals surface area contributed by atoms with Crippen LogP contribution in [0, 0.1) is 0 Å². The number of rotatable bonds is 8. The van der Waals surface area contributed by atoms with Gasteiger partial charge in [0, 0.05) is 18.8 Å². The molecule has 5 heteroatoms. The molecule has 0 amide bonds. The van der Waals surface area contributed by atoms with Crippen molar-refractivity contribution in [2.24, 2.45) is 0 Å². The zero-order valence-corrected chi connectivity index (χ0v) is 12.8. The average Bonchev–Trinajstić information content (AvgIpc) is 2.44. The molecule has 0 heterocycles. The number of likely N-dealkylation sites (N-methyl/N-ethyl adjacent to an activating group) is 1. The summed E-state index contributed by atoms with van der Waals surface area (Å²) < 4.78 is 23.3. The number of nitrogens with zero attached hydrogens (tertiary/aromatic N) is 1. The molecule has 0 aliphatic heterocycles. The maximum Gasteiger partial charge on any atom is 0.178 e. The molecule has 1 aromatic carbocycles. The molecule has 4 nitrogen and oxygen atoms in total. The van der Waals surface area contributed by atoms with Crippen LogP contribution in [0.5, 0.6) is 0 Å². The van der Waals surface area contributed by atoms with Gasteiger partial charge < -0.3 is 10.2 Å². The van der Waals surface area contributed by atoms with E-state index in [4.69, 9.17) is 0 Å². The smallest absolute Gasteiger partial charge is 0.178 e. The van der Waals surface area contributed by atoms with Gasteiger partial charge in [0.15, 0.2) is 9.84 Å². The van der Waals surface area contributed by atoms with Crippen molar-refractivity contribution < 1.29 is 8.42 Å². The molecular weight excluding hydrogens is 260 g/mol. The predicted molar refractivity (Wildman–Crippen MR) is 80.4 cm³/mol. The number of sulfone groups is 1. The summed E-state index contributed by atoms with van der Waals surface area (Å²) in [4.78, 5) is 2.73. The molecule has 0 saturated carbocycles. The van der Waals surface area contributed by atoms with E-state index in [9.17, 15) is 8.42 Å². The lowest BCUT2D eigenvalue weighted by molar-refractivity contribution is 0.316. The van der Waals surface area contributed by atoms with Crippen molar-refractivity contribution in [2.45, 2.75) is 25.7 Å². The summed E-state index contributed by atoms with van der Waals surface area (Å²) in [5.74, 6) is 0.141. The Balaban J connectivity index is 2.54. The van der Waals surface area contributed by atoms with Crippen LogP contribution in [0.3, 0.4) is 0 Å². The normalized spacial score (nSPS) is 11.8. The van der Waals surface area contributed by atoms with Crippen LogP contribution in [0.15, 0.2) is 29.2 Å². The zero-order chi connectivity index (χ0) is 14.3. The summed E-state index contributed by atoms with van der Waals surface area (Å²) in [5.41, 5.74) is 0.960. The van der Waals surface area contributed by atoms with Crippen LogP contribution >= 0.6 is 0 Å². The summed E-state index contributed by atoms with van der Waals surface area (Å²) >= 11 is 0. The van der Waals surface area contributed by atoms with Crippen LogP contribution in [0.2, 0.25) is 0 Å². The fourth-order valence-corrected chi connectivity index (χ4v) is 2.73. The first-order valence-electron chi connectivity index (χ1n) is 6.82. The summed E-state index contributed by atoms with van der Waals surface area (Å²) in [7, 11) is -3.09. The zero-order valence-electron chi connectivity index (χ0n) is 12.0. The topological polar surface area (TPSA) is 49.4 Å². The van der Waals surface area contributed by atoms with E-state index in [0.717, 1.165) is 31.9 Å². The Bertz CT molecular complexity index is 465. The van der Waals surface area contributed by atoms with E-state index in [1.165, 1.54) is 0 Å². The van der Waals surface area contributed by atoms with E-state index in [1.807, 2.05) is 12.1 Å². The van der Waals surface area contributed by atoms with E-state index in [0.29, 0.717) is 4.90 Å². The minimum Gasteiger partial charge on any atom is -0.384 e. The van der Waals surface area contributed by atoms with Gasteiger partial charge in [-0.15, -0.1) is 0 Å². The molecule has 1 rings (SSSR count). The minimum atomic E-state index is -3.09. The lowest BCUT2D eigenvalue weighted by Gasteiger charge is -2.18. The number of hydrogen-bond donors (Lipinski definition) is 1. The number of hydrogen-bond acceptors (Lipinski definition) is 4. The molecule has 0 aromatic heterocycles. The first kappa shape index (κ1) is 16.0. The van der Waals surface area contributed by atoms with Crippen molar-refractivity contribution in [2.75, 3.05) is 37.2 Å². The summed E-state index contributed by atoms with van der Waals surface area (Å²) in [6.07, 6.45) is 0. The molecule has 0 atom stereocenters. The summed E-state index contributed by atoms with van der Waals surface area (Å²) in [6, 6.07) is 6.98. The van der Waals surface area contributed by atoms with Gasteiger partial charge in [-0.05, 0) is 37.4 Å². The molecule has 0 radical (unpaired) electrons. The van der Waals surface area contributed by atoms with Crippen molar-refractivity contribution in [3.05, 3.63) is 24.3 Å². The summed E-state index contributed by atoms with van der Waals surface area (Å²) in [5, 5.41) is 3.30. The molecule has 0 bridgehead atoms. The van der Waals surface area contributed by atoms with Crippen LogP contribution in [-0.4, -0.2) is 45.2 Å². The highest BCUT2D eigenvalue weighted by atomic mass is 32.2. The number of nitrogens with one attached hydrogen (secondary N) is 1. The third kappa shape index (κ3) is 4.84. The van der Waals surface area contributed by atoms with Gasteiger partial charge in [-0.1, -0.05) is 20.8 Å². The van der Waals surface area contributed by atoms with E-state index in [2.05, 4.69) is 24.1 Å². The van der Waals surface area contributed by atoms with Crippen LogP contribution in [-0.2, 0) is 9.84 Å². The maximum atomic E-state index is 11.7. The van der Waals surface area contributed by atoms with Crippen molar-refractivity contribution in [3.63, 3.8) is 0 Å². The highest BCUT2D eigenvalue weighted by Gasteiger charge is 2.10. The van der Waals surface area contributed by atoms with Crippen LogP contribution in [0.4, 0.5) is 5.69 Å². The van der Waals surface area contributed by atoms with Crippen LogP contribution < -0.4 is 5.32 Å². The average molecular weight is 284 g/mol. The lowest BCUT2D eigenvalue weighted by atomic mass is 10.3. The van der Waals surface area contributed by atoms with E-state index >= 15 is 0 Å². The SMILES string of the molecule is CCN(CC)CCNc1ccc(S(=O)(=O)CC)cc1. The Kier molecular flexibility index (Phi) is 6.31. The monoisotopic (exact) mass is 284 g/mol. The van der Waals surface area contributed by atoms with Crippen molar-refractivity contribution in [1.82, 2.24) is 4.90 Å². The second-order valence-electron chi connectivity index (χ2n) is 4.38. The van der Waals surface area contributed by atoms with E-state index in [1.54, 1.807) is 19.1 Å². The van der Waals surface area contributed by atoms with Crippen molar-refractivity contribution in [1.29, 1.82) is 0 Å². The van der Waals surface area contributed by atoms with E-state index in [-0.39, 0.29) is 5.75 Å². The van der Waals surface area contributed by atoms with Gasteiger partial charge in [-0.25, -0.2) is 8.42 Å². The molecule has 0 aliphatic rings. The van der Waals surface area contributed by atoms with Gasteiger partial charge in [0.2, 0.25) is 0 Å². The third-order valence-electron chi connectivity index (χ3n) is 3.25. The number of anilines is 1. The molecule has 0 spiro atoms. The van der Waals surface area contributed by atoms with E-state index < -0.39 is 9.84 Å². The highest BCUT2D eigenvalue weighted by Crippen LogP contribution is 2.15. The molecule has 1 N–H and O–H groups in total. The second kappa shape index (κ2) is 7.50. The van der Waals surface area contributed by atoms with Gasteiger partial charge in [-0.3, -0.25) is 0 Å². The molecule has 0 fully saturated rings. The van der Waals surface area contributed by atoms with Crippen LogP contribution in [0.1, 0.15) is 20.8 Å². The molecule has 19 heavy (non-hydrogen) atoms. The Morgan fingerprint density at radius 1 is 1.05 bits per heavy atom. The van der Waals surface area contributed by atoms with Gasteiger partial charge in [0.1, 0.15) is 0 Å². The van der Waals surface area contributed by atoms with Crippen LogP contribution in [0.25, 0.3) is 0 Å². The first-order chi connectivity index (χ1) is 9.03. The molecular formula is C14H24N2O2S. The number of benzene rings is 1. The maximum absolute atomic E-state index is 11.7. The lowest BCUT2D eigenvalue weighted by Crippen LogP contribution is -2.28. The fourth-order valence-electron chi connectivity index (χ4n) is 1.84. The molecule has 0 saturated heterocycles. The van der Waals surface area contributed by atoms with Gasteiger partial charge in [-0.2, -0.15) is 0 Å². The Hall–Kier alpha value is -1.07. The largest absolute Gasteiger partial charge is 0.384 e. The molecule has 1 aromatic rings. The second-order valence-corrected chi connectivity index (χ2v) is 6.66. The quantitative estimate of drug-likeness (QED) is 0.795. The fraction of sp³-hybridized carbons (Fsp3) is 0.571. The highest BCUT2D eigenvalue weighted by molar-refractivity contribution is 7.91. The van der Waals surface area contributed by atoms with Gasteiger partial charge >= 0.3 is 0 Å². The molecule has 108 valence electrons. The standard InChI is InChI=1S/C14H24N2O2S/c1-4-16(5-2)12-11-15-13-7-9-14(10-8-13)19(17,18)6-3/h7-10,15H,4-6,11-12H2,1-3H3. The van der Waals surface area contributed by atoms with Gasteiger partial charge in [0.05, 0.1) is 10.6 Å². The third-order valence-corrected chi connectivity index (χ3v) is 5.00.